The van der Waals surface area contributed by atoms with Crippen LogP contribution >= 0.6 is 0 Å². The molecule has 2 fully saturated rings. The molecular formula is C54H55F7N6O6. The minimum Gasteiger partial charge on any atom is -0.496 e. The molecule has 8 rings (SSSR count). The molecule has 0 saturated carbocycles. The number of methoxy groups -OCH3 is 2. The maximum Gasteiger partial charge on any atom is 0.419 e. The zero-order valence-electron chi connectivity index (χ0n) is 40.7. The van der Waals surface area contributed by atoms with Crippen molar-refractivity contribution in [1.29, 1.82) is 0 Å². The topological polar surface area (TPSA) is 127 Å². The summed E-state index contributed by atoms with van der Waals surface area (Å²) in [6.45, 7) is 8.95. The van der Waals surface area contributed by atoms with Gasteiger partial charge in [-0.05, 0) is 54.6 Å². The maximum atomic E-state index is 13.8. The van der Waals surface area contributed by atoms with Crippen molar-refractivity contribution in [3.8, 4) is 11.5 Å². The van der Waals surface area contributed by atoms with Gasteiger partial charge in [0, 0.05) is 133 Å². The molecule has 4 heterocycles. The Morgan fingerprint density at radius 3 is 1.45 bits per heavy atom. The van der Waals surface area contributed by atoms with Crippen molar-refractivity contribution in [1.82, 2.24) is 9.97 Å². The highest BCUT2D eigenvalue weighted by Gasteiger charge is 2.36. The number of nitrogens with one attached hydrogen (secondary N) is 2. The monoisotopic (exact) mass is 1020 g/mol. The Morgan fingerprint density at radius 1 is 0.575 bits per heavy atom. The summed E-state index contributed by atoms with van der Waals surface area (Å²) in [5.41, 5.74) is 2.70. The molecule has 2 aliphatic heterocycles. The number of aromatic nitrogens is 2. The van der Waals surface area contributed by atoms with Crippen molar-refractivity contribution in [3.05, 3.63) is 154 Å². The number of hydrogen-bond donors (Lipinski definition) is 2. The van der Waals surface area contributed by atoms with Crippen LogP contribution in [0.25, 0.3) is 0 Å². The van der Waals surface area contributed by atoms with Crippen LogP contribution in [0, 0.1) is 5.82 Å². The number of Topliss-reactive ketones (excluding diaryl/α,β-unsaturated/α-hetero) is 2. The highest BCUT2D eigenvalue weighted by atomic mass is 19.4. The molecular weight excluding hydrogens is 962 g/mol. The Balaban J connectivity index is 0.000000214. The fraction of sp³-hybridized carbons (Fsp3) is 0.333. The molecule has 0 amide bonds. The van der Waals surface area contributed by atoms with Crippen LogP contribution in [0.4, 0.5) is 64.9 Å². The van der Waals surface area contributed by atoms with Gasteiger partial charge >= 0.3 is 12.4 Å². The molecule has 2 N–H and O–H groups in total. The van der Waals surface area contributed by atoms with E-state index >= 15 is 0 Å². The predicted molar refractivity (Wildman–Crippen MR) is 265 cm³/mol. The standard InChI is InChI=1S/C27H27F4N3O3.C27H28F3N3O3/c1-3-25(35)21-13-18(28)5-7-23(21)33-24-14-19(32-16-22(24)27(29,30)31)12-17-4-6-20(15-26(17)36-2)34-8-10-37-11-9-34;1-3-25(34)21-6-4-5-7-23(21)32-24-15-19(31-17-22(24)27(28,29)30)14-18-8-9-20(16-26(18)35-2)33-10-12-36-13-11-33/h4-7,13-16H,3,8-12H2,1-2H3,(H,32,33);4-9,15-17H,3,10-14H2,1-2H3,(H,31,32). The number of pyridine rings is 2. The van der Waals surface area contributed by atoms with E-state index in [-0.39, 0.29) is 54.1 Å². The molecule has 0 atom stereocenters. The van der Waals surface area contributed by atoms with Crippen LogP contribution in [-0.2, 0) is 34.7 Å². The molecule has 2 aliphatic rings. The highest BCUT2D eigenvalue weighted by molar-refractivity contribution is 6.02. The number of para-hydroxylation sites is 1. The van der Waals surface area contributed by atoms with Crippen molar-refractivity contribution in [2.75, 3.05) is 87.3 Å². The predicted octanol–water partition coefficient (Wildman–Crippen LogP) is 11.9. The average Bonchev–Trinajstić information content (AvgIpc) is 3.39. The SMILES string of the molecule is CCC(=O)c1cc(F)ccc1Nc1cc(Cc2ccc(N3CCOCC3)cc2OC)ncc1C(F)(F)F.CCC(=O)c1ccccc1Nc1cc(Cc2ccc(N3CCOCC3)cc2OC)ncc1C(F)(F)F. The molecule has 0 aliphatic carbocycles. The lowest BCUT2D eigenvalue weighted by molar-refractivity contribution is -0.138. The number of morpholine rings is 2. The van der Waals surface area contributed by atoms with E-state index in [0.717, 1.165) is 73.2 Å². The number of halogens is 7. The van der Waals surface area contributed by atoms with Crippen LogP contribution in [0.2, 0.25) is 0 Å². The van der Waals surface area contributed by atoms with Crippen molar-refractivity contribution in [2.45, 2.75) is 51.9 Å². The third kappa shape index (κ3) is 13.6. The molecule has 19 heteroatoms. The first-order valence-electron chi connectivity index (χ1n) is 23.6. The summed E-state index contributed by atoms with van der Waals surface area (Å²) in [5, 5.41) is 5.54. The molecule has 6 aromatic rings. The minimum atomic E-state index is -4.69. The normalized spacial score (nSPS) is 14.0. The Kier molecular flexibility index (Phi) is 17.6. The number of nitrogens with zero attached hydrogens (tertiary/aromatic N) is 4. The Labute approximate surface area is 418 Å². The number of benzene rings is 4. The third-order valence-corrected chi connectivity index (χ3v) is 12.3. The van der Waals surface area contributed by atoms with Gasteiger partial charge < -0.3 is 39.4 Å². The summed E-state index contributed by atoms with van der Waals surface area (Å²) in [4.78, 5) is 37.2. The van der Waals surface area contributed by atoms with Gasteiger partial charge in [-0.15, -0.1) is 0 Å². The molecule has 0 unspecified atom stereocenters. The lowest BCUT2D eigenvalue weighted by Crippen LogP contribution is -2.36. The van der Waals surface area contributed by atoms with Gasteiger partial charge in [0.05, 0.1) is 63.1 Å². The van der Waals surface area contributed by atoms with Gasteiger partial charge in [-0.2, -0.15) is 26.3 Å². The molecule has 0 spiro atoms. The molecule has 4 aromatic carbocycles. The summed E-state index contributed by atoms with van der Waals surface area (Å²) in [7, 11) is 3.10. The van der Waals surface area contributed by atoms with Gasteiger partial charge in [-0.25, -0.2) is 4.39 Å². The molecule has 0 bridgehead atoms. The van der Waals surface area contributed by atoms with Crippen LogP contribution in [0.15, 0.2) is 103 Å². The molecule has 2 aromatic heterocycles. The van der Waals surface area contributed by atoms with Crippen LogP contribution in [-0.4, -0.2) is 88.4 Å². The van der Waals surface area contributed by atoms with E-state index in [1.54, 1.807) is 45.2 Å². The van der Waals surface area contributed by atoms with Gasteiger partial charge in [0.15, 0.2) is 11.6 Å². The van der Waals surface area contributed by atoms with Gasteiger partial charge in [0.25, 0.3) is 0 Å². The number of ether oxygens (including phenoxy) is 4. The molecule has 73 heavy (non-hydrogen) atoms. The second-order valence-corrected chi connectivity index (χ2v) is 17.0. The molecule has 386 valence electrons. The summed E-state index contributed by atoms with van der Waals surface area (Å²) >= 11 is 0. The van der Waals surface area contributed by atoms with E-state index in [4.69, 9.17) is 18.9 Å². The van der Waals surface area contributed by atoms with Crippen LogP contribution in [0.1, 0.15) is 81.0 Å². The Hall–Kier alpha value is -7.25. The highest BCUT2D eigenvalue weighted by Crippen LogP contribution is 2.40. The number of rotatable bonds is 16. The van der Waals surface area contributed by atoms with E-state index in [2.05, 4.69) is 30.4 Å². The summed E-state index contributed by atoms with van der Waals surface area (Å²) in [6.07, 6.45) is -6.92. The smallest absolute Gasteiger partial charge is 0.419 e. The Bertz CT molecular complexity index is 2890. The summed E-state index contributed by atoms with van der Waals surface area (Å²) < 4.78 is 119. The fourth-order valence-electron chi connectivity index (χ4n) is 8.40. The van der Waals surface area contributed by atoms with Crippen LogP contribution < -0.4 is 29.9 Å². The first-order valence-corrected chi connectivity index (χ1v) is 23.6. The van der Waals surface area contributed by atoms with E-state index in [1.165, 1.54) is 25.3 Å². The maximum absolute atomic E-state index is 13.8. The minimum absolute atomic E-state index is 0.0191. The number of alkyl halides is 6. The zero-order chi connectivity index (χ0) is 52.3. The lowest BCUT2D eigenvalue weighted by Gasteiger charge is -2.29. The van der Waals surface area contributed by atoms with E-state index in [9.17, 15) is 40.3 Å². The van der Waals surface area contributed by atoms with Crippen molar-refractivity contribution in [3.63, 3.8) is 0 Å². The van der Waals surface area contributed by atoms with E-state index in [0.29, 0.717) is 60.6 Å². The molecule has 0 radical (unpaired) electrons. The fourth-order valence-corrected chi connectivity index (χ4v) is 8.40. The van der Waals surface area contributed by atoms with Gasteiger partial charge in [-0.3, -0.25) is 19.6 Å². The van der Waals surface area contributed by atoms with Gasteiger partial charge in [0.2, 0.25) is 0 Å². The van der Waals surface area contributed by atoms with Crippen molar-refractivity contribution >= 4 is 45.7 Å². The number of anilines is 6. The average molecular weight is 1020 g/mol. The second-order valence-electron chi connectivity index (χ2n) is 17.0. The number of hydrogen-bond acceptors (Lipinski definition) is 12. The summed E-state index contributed by atoms with van der Waals surface area (Å²) in [5.74, 6) is 0.0195. The first-order chi connectivity index (χ1) is 35.0. The molecule has 12 nitrogen and oxygen atoms in total. The zero-order valence-corrected chi connectivity index (χ0v) is 40.7. The van der Waals surface area contributed by atoms with Crippen molar-refractivity contribution < 1.29 is 59.3 Å². The number of carbonyl (C=O) groups excluding carboxylic acids is 2. The van der Waals surface area contributed by atoms with E-state index in [1.807, 2.05) is 36.4 Å². The van der Waals surface area contributed by atoms with Crippen molar-refractivity contribution in [2.24, 2.45) is 0 Å². The third-order valence-electron chi connectivity index (χ3n) is 12.3. The number of ketones is 2. The summed E-state index contributed by atoms with van der Waals surface area (Å²) in [6, 6.07) is 24.1. The lowest BCUT2D eigenvalue weighted by atomic mass is 10.0. The van der Waals surface area contributed by atoms with Crippen LogP contribution in [0.3, 0.4) is 0 Å². The second kappa shape index (κ2) is 24.0. The molecule has 2 saturated heterocycles. The number of carbonyl (C=O) groups is 2. The van der Waals surface area contributed by atoms with Gasteiger partial charge in [-0.1, -0.05) is 38.1 Å². The van der Waals surface area contributed by atoms with E-state index < -0.39 is 35.1 Å². The largest absolute Gasteiger partial charge is 0.496 e. The quantitative estimate of drug-likeness (QED) is 0.0708. The Morgan fingerprint density at radius 2 is 1.01 bits per heavy atom. The van der Waals surface area contributed by atoms with Gasteiger partial charge in [0.1, 0.15) is 17.3 Å². The first kappa shape index (κ1) is 53.5. The van der Waals surface area contributed by atoms with Crippen LogP contribution in [0.5, 0.6) is 11.5 Å².